The molecule has 1 aromatic carbocycles. The van der Waals surface area contributed by atoms with Crippen molar-refractivity contribution in [3.63, 3.8) is 0 Å². The zero-order chi connectivity index (χ0) is 14.5. The van der Waals surface area contributed by atoms with E-state index in [0.717, 1.165) is 6.07 Å². The number of rotatable bonds is 3. The van der Waals surface area contributed by atoms with E-state index in [4.69, 9.17) is 0 Å². The van der Waals surface area contributed by atoms with Gasteiger partial charge in [0.2, 0.25) is 0 Å². The summed E-state index contributed by atoms with van der Waals surface area (Å²) in [6, 6.07) is 3.63. The summed E-state index contributed by atoms with van der Waals surface area (Å²) in [6.07, 6.45) is 0.469. The van der Waals surface area contributed by atoms with Crippen molar-refractivity contribution < 1.29 is 8.78 Å². The fourth-order valence-corrected chi connectivity index (χ4v) is 1.57. The van der Waals surface area contributed by atoms with Crippen molar-refractivity contribution in [3.8, 4) is 0 Å². The number of benzene rings is 1. The molecule has 6 heteroatoms. The average molecular weight is 397 g/mol. The first-order chi connectivity index (χ1) is 8.81. The Balaban J connectivity index is 0.00000361. The molecular formula is C14H22F2IN3. The number of hydrogen-bond acceptors (Lipinski definition) is 1. The van der Waals surface area contributed by atoms with E-state index in [1.807, 2.05) is 20.8 Å². The first-order valence-corrected chi connectivity index (χ1v) is 6.24. The SMILES string of the molecule is CN=C(NCCc1ccc(F)cc1F)NC(C)(C)C.I. The standard InChI is InChI=1S/C14H21F2N3.HI/c1-14(2,3)19-13(17-4)18-8-7-10-5-6-11(15)9-12(10)16;/h5-6,9H,7-8H2,1-4H3,(H2,17,18,19);1H. The van der Waals surface area contributed by atoms with Crippen molar-refractivity contribution in [2.75, 3.05) is 13.6 Å². The van der Waals surface area contributed by atoms with E-state index in [-0.39, 0.29) is 29.5 Å². The molecule has 114 valence electrons. The summed E-state index contributed by atoms with van der Waals surface area (Å²) in [4.78, 5) is 4.08. The molecule has 0 aliphatic heterocycles. The van der Waals surface area contributed by atoms with Gasteiger partial charge in [0.15, 0.2) is 5.96 Å². The Labute approximate surface area is 136 Å². The van der Waals surface area contributed by atoms with Crippen LogP contribution in [-0.4, -0.2) is 25.1 Å². The zero-order valence-electron chi connectivity index (χ0n) is 12.3. The molecule has 0 heterocycles. The molecule has 0 saturated heterocycles. The predicted octanol–water partition coefficient (Wildman–Crippen LogP) is 3.09. The number of nitrogens with zero attached hydrogens (tertiary/aromatic N) is 1. The average Bonchev–Trinajstić information content (AvgIpc) is 2.29. The van der Waals surface area contributed by atoms with E-state index < -0.39 is 11.6 Å². The highest BCUT2D eigenvalue weighted by molar-refractivity contribution is 14.0. The highest BCUT2D eigenvalue weighted by Gasteiger charge is 2.11. The van der Waals surface area contributed by atoms with Crippen LogP contribution < -0.4 is 10.6 Å². The summed E-state index contributed by atoms with van der Waals surface area (Å²) in [5.41, 5.74) is 0.392. The molecule has 1 rings (SSSR count). The maximum atomic E-state index is 13.4. The van der Waals surface area contributed by atoms with Gasteiger partial charge in [0.1, 0.15) is 11.6 Å². The Morgan fingerprint density at radius 1 is 1.25 bits per heavy atom. The number of aliphatic imine (C=N–C) groups is 1. The summed E-state index contributed by atoms with van der Waals surface area (Å²) in [5, 5.41) is 6.30. The Hall–Kier alpha value is -0.920. The molecule has 0 radical (unpaired) electrons. The summed E-state index contributed by atoms with van der Waals surface area (Å²) >= 11 is 0. The largest absolute Gasteiger partial charge is 0.356 e. The lowest BCUT2D eigenvalue weighted by Crippen LogP contribution is -2.48. The lowest BCUT2D eigenvalue weighted by molar-refractivity contribution is 0.501. The first-order valence-electron chi connectivity index (χ1n) is 6.24. The molecule has 2 N–H and O–H groups in total. The minimum absolute atomic E-state index is 0. The van der Waals surface area contributed by atoms with Crippen LogP contribution in [0.15, 0.2) is 23.2 Å². The van der Waals surface area contributed by atoms with Gasteiger partial charge < -0.3 is 10.6 Å². The quantitative estimate of drug-likeness (QED) is 0.467. The van der Waals surface area contributed by atoms with Gasteiger partial charge in [0.25, 0.3) is 0 Å². The van der Waals surface area contributed by atoms with Gasteiger partial charge in [-0.05, 0) is 38.8 Å². The summed E-state index contributed by atoms with van der Waals surface area (Å²) in [7, 11) is 1.68. The molecule has 0 amide bonds. The predicted molar refractivity (Wildman–Crippen MR) is 89.7 cm³/mol. The summed E-state index contributed by atoms with van der Waals surface area (Å²) < 4.78 is 26.2. The van der Waals surface area contributed by atoms with Crippen LogP contribution in [0.2, 0.25) is 0 Å². The van der Waals surface area contributed by atoms with E-state index in [1.54, 1.807) is 7.05 Å². The van der Waals surface area contributed by atoms with E-state index in [2.05, 4.69) is 15.6 Å². The van der Waals surface area contributed by atoms with Gasteiger partial charge in [-0.15, -0.1) is 24.0 Å². The zero-order valence-corrected chi connectivity index (χ0v) is 14.6. The molecule has 0 aliphatic carbocycles. The monoisotopic (exact) mass is 397 g/mol. The van der Waals surface area contributed by atoms with Crippen molar-refractivity contribution in [3.05, 3.63) is 35.4 Å². The molecule has 20 heavy (non-hydrogen) atoms. The van der Waals surface area contributed by atoms with Crippen LogP contribution in [0.3, 0.4) is 0 Å². The highest BCUT2D eigenvalue weighted by Crippen LogP contribution is 2.09. The molecule has 3 nitrogen and oxygen atoms in total. The lowest BCUT2D eigenvalue weighted by Gasteiger charge is -2.23. The van der Waals surface area contributed by atoms with Gasteiger partial charge in [-0.2, -0.15) is 0 Å². The molecule has 0 aliphatic rings. The molecule has 0 spiro atoms. The maximum Gasteiger partial charge on any atom is 0.191 e. The Morgan fingerprint density at radius 3 is 2.40 bits per heavy atom. The summed E-state index contributed by atoms with van der Waals surface area (Å²) in [6.45, 7) is 6.61. The number of hydrogen-bond donors (Lipinski definition) is 2. The Morgan fingerprint density at radius 2 is 1.90 bits per heavy atom. The van der Waals surface area contributed by atoms with Crippen LogP contribution in [0.25, 0.3) is 0 Å². The number of halogens is 3. The normalized spacial score (nSPS) is 11.8. The van der Waals surface area contributed by atoms with Crippen molar-refractivity contribution in [1.82, 2.24) is 10.6 Å². The van der Waals surface area contributed by atoms with Crippen LogP contribution in [0.1, 0.15) is 26.3 Å². The number of guanidine groups is 1. The first kappa shape index (κ1) is 19.1. The molecule has 0 saturated carbocycles. The fourth-order valence-electron chi connectivity index (χ4n) is 1.57. The number of nitrogens with one attached hydrogen (secondary N) is 2. The van der Waals surface area contributed by atoms with Gasteiger partial charge in [-0.25, -0.2) is 8.78 Å². The van der Waals surface area contributed by atoms with Gasteiger partial charge in [0, 0.05) is 25.2 Å². The fraction of sp³-hybridized carbons (Fsp3) is 0.500. The van der Waals surface area contributed by atoms with Gasteiger partial charge in [0.05, 0.1) is 0 Å². The third-order valence-electron chi connectivity index (χ3n) is 2.42. The molecule has 0 unspecified atom stereocenters. The van der Waals surface area contributed by atoms with Crippen LogP contribution in [0, 0.1) is 11.6 Å². The minimum Gasteiger partial charge on any atom is -0.356 e. The van der Waals surface area contributed by atoms with Crippen molar-refractivity contribution in [1.29, 1.82) is 0 Å². The lowest BCUT2D eigenvalue weighted by atomic mass is 10.1. The molecule has 0 fully saturated rings. The second-order valence-electron chi connectivity index (χ2n) is 5.36. The van der Waals surface area contributed by atoms with Crippen LogP contribution in [0.4, 0.5) is 8.78 Å². The van der Waals surface area contributed by atoms with Gasteiger partial charge >= 0.3 is 0 Å². The Bertz CT molecular complexity index is 456. The van der Waals surface area contributed by atoms with Crippen molar-refractivity contribution >= 4 is 29.9 Å². The minimum atomic E-state index is -0.556. The van der Waals surface area contributed by atoms with Crippen LogP contribution in [-0.2, 0) is 6.42 Å². The van der Waals surface area contributed by atoms with Crippen LogP contribution in [0.5, 0.6) is 0 Å². The third-order valence-corrected chi connectivity index (χ3v) is 2.42. The van der Waals surface area contributed by atoms with Gasteiger partial charge in [-0.1, -0.05) is 6.07 Å². The molecule has 1 aromatic rings. The molecule has 0 atom stereocenters. The molecule has 0 aromatic heterocycles. The van der Waals surface area contributed by atoms with E-state index in [0.29, 0.717) is 24.5 Å². The topological polar surface area (TPSA) is 36.4 Å². The third kappa shape index (κ3) is 7.02. The van der Waals surface area contributed by atoms with E-state index >= 15 is 0 Å². The summed E-state index contributed by atoms with van der Waals surface area (Å²) in [5.74, 6) is -0.407. The van der Waals surface area contributed by atoms with Crippen molar-refractivity contribution in [2.24, 2.45) is 4.99 Å². The van der Waals surface area contributed by atoms with Gasteiger partial charge in [-0.3, -0.25) is 4.99 Å². The van der Waals surface area contributed by atoms with E-state index in [1.165, 1.54) is 12.1 Å². The Kier molecular flexibility index (Phi) is 8.00. The van der Waals surface area contributed by atoms with E-state index in [9.17, 15) is 8.78 Å². The smallest absolute Gasteiger partial charge is 0.191 e. The second-order valence-corrected chi connectivity index (χ2v) is 5.36. The van der Waals surface area contributed by atoms with Crippen molar-refractivity contribution in [2.45, 2.75) is 32.7 Å². The highest BCUT2D eigenvalue weighted by atomic mass is 127. The maximum absolute atomic E-state index is 13.4. The van der Waals surface area contributed by atoms with Crippen LogP contribution >= 0.6 is 24.0 Å². The molecular weight excluding hydrogens is 375 g/mol. The second kappa shape index (κ2) is 8.39. The molecule has 0 bridgehead atoms.